The molecule has 1 aromatic carbocycles. The van der Waals surface area contributed by atoms with Gasteiger partial charge in [0.05, 0.1) is 0 Å². The molecule has 1 unspecified atom stereocenters. The number of carboxylic acid groups (broad SMARTS) is 1. The molecule has 2 N–H and O–H groups in total. The van der Waals surface area contributed by atoms with Gasteiger partial charge >= 0.3 is 5.97 Å². The largest absolute Gasteiger partial charge is 0.479 e. The van der Waals surface area contributed by atoms with Gasteiger partial charge in [0, 0.05) is 27.6 Å². The highest BCUT2D eigenvalue weighted by atomic mass is 79.9. The van der Waals surface area contributed by atoms with Gasteiger partial charge < -0.3 is 10.4 Å². The molecule has 0 fully saturated rings. The van der Waals surface area contributed by atoms with Crippen molar-refractivity contribution in [2.75, 3.05) is 5.32 Å². The predicted octanol–water partition coefficient (Wildman–Crippen LogP) is 3.39. The van der Waals surface area contributed by atoms with E-state index in [0.717, 1.165) is 15.9 Å². The van der Waals surface area contributed by atoms with Crippen LogP contribution < -0.4 is 5.32 Å². The molecular weight excluding hydrogens is 308 g/mol. The van der Waals surface area contributed by atoms with Crippen molar-refractivity contribution in [2.45, 2.75) is 13.0 Å². The Hall–Kier alpha value is -1.88. The standard InChI is InChI=1S/C14H13BrN2O2/c1-9-2-3-10(8-16-9)13(14(18)19)17-12-6-4-11(15)5-7-12/h2-8,13,17H,1H3,(H,18,19). The number of pyridine rings is 1. The van der Waals surface area contributed by atoms with E-state index < -0.39 is 12.0 Å². The highest BCUT2D eigenvalue weighted by Crippen LogP contribution is 2.21. The van der Waals surface area contributed by atoms with Crippen LogP contribution in [0.1, 0.15) is 17.3 Å². The number of hydrogen-bond acceptors (Lipinski definition) is 3. The van der Waals surface area contributed by atoms with Gasteiger partial charge in [-0.25, -0.2) is 4.79 Å². The zero-order valence-corrected chi connectivity index (χ0v) is 11.9. The monoisotopic (exact) mass is 320 g/mol. The smallest absolute Gasteiger partial charge is 0.330 e. The third-order valence-electron chi connectivity index (χ3n) is 2.67. The Balaban J connectivity index is 2.23. The number of aromatic nitrogens is 1. The highest BCUT2D eigenvalue weighted by molar-refractivity contribution is 9.10. The molecule has 0 saturated heterocycles. The van der Waals surface area contributed by atoms with Gasteiger partial charge in [0.15, 0.2) is 6.04 Å². The van der Waals surface area contributed by atoms with E-state index in [4.69, 9.17) is 0 Å². The van der Waals surface area contributed by atoms with Gasteiger partial charge in [0.2, 0.25) is 0 Å². The summed E-state index contributed by atoms with van der Waals surface area (Å²) in [5.41, 5.74) is 2.23. The zero-order chi connectivity index (χ0) is 13.8. The second-order valence-electron chi connectivity index (χ2n) is 4.16. The minimum atomic E-state index is -0.937. The maximum Gasteiger partial charge on any atom is 0.330 e. The number of hydrogen-bond donors (Lipinski definition) is 2. The molecule has 0 spiro atoms. The quantitative estimate of drug-likeness (QED) is 0.906. The SMILES string of the molecule is Cc1ccc(C(Nc2ccc(Br)cc2)C(=O)O)cn1. The Morgan fingerprint density at radius 1 is 1.26 bits per heavy atom. The van der Waals surface area contributed by atoms with Crippen molar-refractivity contribution < 1.29 is 9.90 Å². The van der Waals surface area contributed by atoms with E-state index in [0.29, 0.717) is 5.56 Å². The molecule has 2 rings (SSSR count). The lowest BCUT2D eigenvalue weighted by Crippen LogP contribution is -2.20. The minimum absolute atomic E-state index is 0.626. The van der Waals surface area contributed by atoms with Crippen LogP contribution in [0.3, 0.4) is 0 Å². The topological polar surface area (TPSA) is 62.2 Å². The predicted molar refractivity (Wildman–Crippen MR) is 77.1 cm³/mol. The van der Waals surface area contributed by atoms with Gasteiger partial charge in [-0.2, -0.15) is 0 Å². The van der Waals surface area contributed by atoms with E-state index in [1.165, 1.54) is 0 Å². The fourth-order valence-electron chi connectivity index (χ4n) is 1.65. The summed E-state index contributed by atoms with van der Waals surface area (Å²) in [6.07, 6.45) is 1.58. The Kier molecular flexibility index (Phi) is 4.16. The number of anilines is 1. The molecule has 0 radical (unpaired) electrons. The lowest BCUT2D eigenvalue weighted by Gasteiger charge is -2.16. The number of nitrogens with zero attached hydrogens (tertiary/aromatic N) is 1. The molecule has 0 aliphatic carbocycles. The van der Waals surface area contributed by atoms with Gasteiger partial charge in [-0.15, -0.1) is 0 Å². The lowest BCUT2D eigenvalue weighted by atomic mass is 10.1. The van der Waals surface area contributed by atoms with Crippen LogP contribution in [0.4, 0.5) is 5.69 Å². The molecular formula is C14H13BrN2O2. The third kappa shape index (κ3) is 3.54. The van der Waals surface area contributed by atoms with Crippen LogP contribution in [0.25, 0.3) is 0 Å². The Bertz CT molecular complexity index is 567. The molecule has 0 bridgehead atoms. The van der Waals surface area contributed by atoms with Crippen LogP contribution in [0.5, 0.6) is 0 Å². The molecule has 2 aromatic rings. The number of carbonyl (C=O) groups is 1. The summed E-state index contributed by atoms with van der Waals surface area (Å²) >= 11 is 3.34. The maximum absolute atomic E-state index is 11.4. The molecule has 0 amide bonds. The molecule has 0 saturated carbocycles. The van der Waals surface area contributed by atoms with Crippen LogP contribution in [-0.2, 0) is 4.79 Å². The van der Waals surface area contributed by atoms with E-state index in [9.17, 15) is 9.90 Å². The van der Waals surface area contributed by atoms with Gasteiger partial charge in [-0.3, -0.25) is 4.98 Å². The van der Waals surface area contributed by atoms with E-state index in [1.807, 2.05) is 31.2 Å². The normalized spacial score (nSPS) is 11.9. The first-order valence-electron chi connectivity index (χ1n) is 5.74. The van der Waals surface area contributed by atoms with E-state index >= 15 is 0 Å². The average Bonchev–Trinajstić information content (AvgIpc) is 2.39. The number of benzene rings is 1. The first kappa shape index (κ1) is 13.5. The molecule has 98 valence electrons. The van der Waals surface area contributed by atoms with Crippen molar-refractivity contribution in [2.24, 2.45) is 0 Å². The fraction of sp³-hybridized carbons (Fsp3) is 0.143. The van der Waals surface area contributed by atoms with Crippen LogP contribution in [0, 0.1) is 6.92 Å². The van der Waals surface area contributed by atoms with Gasteiger partial charge in [0.25, 0.3) is 0 Å². The number of carboxylic acids is 1. The molecule has 1 heterocycles. The second-order valence-corrected chi connectivity index (χ2v) is 5.07. The summed E-state index contributed by atoms with van der Waals surface area (Å²) in [5.74, 6) is -0.937. The summed E-state index contributed by atoms with van der Waals surface area (Å²) in [6.45, 7) is 1.86. The number of aryl methyl sites for hydroxylation is 1. The summed E-state index contributed by atoms with van der Waals surface area (Å²) < 4.78 is 0.946. The number of nitrogens with one attached hydrogen (secondary N) is 1. The van der Waals surface area contributed by atoms with Crippen LogP contribution >= 0.6 is 15.9 Å². The number of rotatable bonds is 4. The first-order chi connectivity index (χ1) is 9.06. The molecule has 1 aromatic heterocycles. The Morgan fingerprint density at radius 3 is 2.47 bits per heavy atom. The van der Waals surface area contributed by atoms with Crippen molar-refractivity contribution in [1.82, 2.24) is 4.98 Å². The fourth-order valence-corrected chi connectivity index (χ4v) is 1.91. The Morgan fingerprint density at radius 2 is 1.95 bits per heavy atom. The third-order valence-corrected chi connectivity index (χ3v) is 3.20. The van der Waals surface area contributed by atoms with Crippen molar-refractivity contribution >= 4 is 27.6 Å². The number of aliphatic carboxylic acids is 1. The summed E-state index contributed by atoms with van der Waals surface area (Å²) in [6, 6.07) is 10.1. The van der Waals surface area contributed by atoms with Crippen molar-refractivity contribution in [3.8, 4) is 0 Å². The van der Waals surface area contributed by atoms with Gasteiger partial charge in [-0.05, 0) is 37.3 Å². The molecule has 0 aliphatic rings. The maximum atomic E-state index is 11.4. The second kappa shape index (κ2) is 5.84. The lowest BCUT2D eigenvalue weighted by molar-refractivity contribution is -0.138. The number of halogens is 1. The van der Waals surface area contributed by atoms with Crippen LogP contribution in [-0.4, -0.2) is 16.1 Å². The van der Waals surface area contributed by atoms with E-state index in [1.54, 1.807) is 18.3 Å². The van der Waals surface area contributed by atoms with Crippen LogP contribution in [0.2, 0.25) is 0 Å². The zero-order valence-electron chi connectivity index (χ0n) is 10.3. The summed E-state index contributed by atoms with van der Waals surface area (Å²) in [4.78, 5) is 15.5. The summed E-state index contributed by atoms with van der Waals surface area (Å²) in [7, 11) is 0. The average molecular weight is 321 g/mol. The molecule has 0 aliphatic heterocycles. The molecule has 19 heavy (non-hydrogen) atoms. The van der Waals surface area contributed by atoms with Crippen molar-refractivity contribution in [1.29, 1.82) is 0 Å². The molecule has 1 atom stereocenters. The van der Waals surface area contributed by atoms with E-state index in [-0.39, 0.29) is 0 Å². The van der Waals surface area contributed by atoms with Crippen molar-refractivity contribution in [3.63, 3.8) is 0 Å². The molecule has 5 heteroatoms. The summed E-state index contributed by atoms with van der Waals surface area (Å²) in [5, 5.41) is 12.3. The van der Waals surface area contributed by atoms with Crippen molar-refractivity contribution in [3.05, 3.63) is 58.3 Å². The van der Waals surface area contributed by atoms with Gasteiger partial charge in [-0.1, -0.05) is 22.0 Å². The van der Waals surface area contributed by atoms with Gasteiger partial charge in [0.1, 0.15) is 0 Å². The van der Waals surface area contributed by atoms with E-state index in [2.05, 4.69) is 26.2 Å². The van der Waals surface area contributed by atoms with Crippen LogP contribution in [0.15, 0.2) is 47.1 Å². The highest BCUT2D eigenvalue weighted by Gasteiger charge is 2.19. The molecule has 4 nitrogen and oxygen atoms in total. The minimum Gasteiger partial charge on any atom is -0.479 e. The first-order valence-corrected chi connectivity index (χ1v) is 6.53. The Labute approximate surface area is 119 Å².